The molecular weight excluding hydrogens is 238 g/mol. The van der Waals surface area contributed by atoms with Crippen LogP contribution in [0.3, 0.4) is 0 Å². The Balaban J connectivity index is 0.00000162. The molecule has 0 amide bonds. The second-order valence-electron chi connectivity index (χ2n) is 4.07. The topological polar surface area (TPSA) is 20.2 Å². The van der Waals surface area contributed by atoms with Gasteiger partial charge < -0.3 is 5.11 Å². The lowest BCUT2D eigenvalue weighted by Crippen LogP contribution is -2.21. The summed E-state index contributed by atoms with van der Waals surface area (Å²) in [4.78, 5) is 0. The zero-order valence-electron chi connectivity index (χ0n) is 10.5. The summed E-state index contributed by atoms with van der Waals surface area (Å²) in [7, 11) is -0.462. The van der Waals surface area contributed by atoms with Crippen molar-refractivity contribution in [3.05, 3.63) is 60.7 Å². The Morgan fingerprint density at radius 3 is 1.61 bits per heavy atom. The Morgan fingerprint density at radius 1 is 0.889 bits per heavy atom. The van der Waals surface area contributed by atoms with E-state index in [-0.39, 0.29) is 20.7 Å². The molecule has 1 nitrogen and oxygen atoms in total. The third-order valence-electron chi connectivity index (χ3n) is 2.77. The number of aliphatic hydroxyl groups excluding tert-OH is 1. The highest BCUT2D eigenvalue weighted by Crippen LogP contribution is 2.38. The molecule has 3 heteroatoms. The third kappa shape index (κ3) is 3.44. The maximum absolute atomic E-state index is 9.44. The average molecular weight is 255 g/mol. The maximum Gasteiger partial charge on any atom is 0.0501 e. The molecule has 0 aliphatic rings. The van der Waals surface area contributed by atoms with E-state index in [1.807, 2.05) is 12.1 Å². The molecule has 0 bridgehead atoms. The van der Waals surface area contributed by atoms with Crippen molar-refractivity contribution < 1.29 is 5.11 Å². The van der Waals surface area contributed by atoms with Crippen LogP contribution < -0.4 is 10.6 Å². The molecule has 1 atom stereocenters. The lowest BCUT2D eigenvalue weighted by Gasteiger charge is -2.24. The lowest BCUT2D eigenvalue weighted by molar-refractivity contribution is 0.299. The molecule has 0 saturated carbocycles. The molecule has 18 heavy (non-hydrogen) atoms. The molecule has 1 N–H and O–H groups in total. The van der Waals surface area contributed by atoms with Gasteiger partial charge in [0, 0.05) is 14.1 Å². The number of hydrogen-bond acceptors (Lipinski definition) is 1. The maximum atomic E-state index is 9.44. The van der Waals surface area contributed by atoms with Gasteiger partial charge in [-0.1, -0.05) is 67.6 Å². The highest BCUT2D eigenvalue weighted by Gasteiger charge is 2.19. The van der Waals surface area contributed by atoms with Crippen molar-refractivity contribution in [3.8, 4) is 0 Å². The molecule has 0 aliphatic heterocycles. The monoisotopic (exact) mass is 255 g/mol. The Bertz CT molecular complexity index is 407. The molecule has 91 valence electrons. The molecule has 0 saturated heterocycles. The first kappa shape index (κ1) is 15.0. The lowest BCUT2D eigenvalue weighted by atomic mass is 10.4. The SMILES string of the molecule is C[C@@H](CO)P(c1ccccc1)c1ccccc1.[B]. The minimum absolute atomic E-state index is 0. The summed E-state index contributed by atoms with van der Waals surface area (Å²) in [6.45, 7) is 2.35. The van der Waals surface area contributed by atoms with Gasteiger partial charge in [-0.3, -0.25) is 0 Å². The van der Waals surface area contributed by atoms with E-state index in [1.165, 1.54) is 10.6 Å². The molecular formula is C15H17BOP. The Hall–Kier alpha value is -1.11. The zero-order chi connectivity index (χ0) is 12.1. The molecule has 2 rings (SSSR count). The molecule has 0 aromatic heterocycles. The number of hydrogen-bond donors (Lipinski definition) is 1. The highest BCUT2D eigenvalue weighted by atomic mass is 31.1. The summed E-state index contributed by atoms with van der Waals surface area (Å²) in [6.07, 6.45) is 0. The molecule has 2 aromatic rings. The average Bonchev–Trinajstić information content (AvgIpc) is 2.41. The minimum atomic E-state index is -0.462. The van der Waals surface area contributed by atoms with Gasteiger partial charge >= 0.3 is 0 Å². The van der Waals surface area contributed by atoms with Gasteiger partial charge in [0.05, 0.1) is 6.61 Å². The summed E-state index contributed by atoms with van der Waals surface area (Å²) < 4.78 is 0. The fourth-order valence-electron chi connectivity index (χ4n) is 1.92. The number of aliphatic hydroxyl groups is 1. The quantitative estimate of drug-likeness (QED) is 0.655. The van der Waals surface area contributed by atoms with Crippen molar-refractivity contribution in [2.24, 2.45) is 0 Å². The zero-order valence-corrected chi connectivity index (χ0v) is 11.4. The van der Waals surface area contributed by atoms with Gasteiger partial charge in [0.2, 0.25) is 0 Å². The van der Waals surface area contributed by atoms with E-state index in [9.17, 15) is 5.11 Å². The van der Waals surface area contributed by atoms with E-state index in [4.69, 9.17) is 0 Å². The van der Waals surface area contributed by atoms with Gasteiger partial charge in [0.15, 0.2) is 0 Å². The first-order valence-electron chi connectivity index (χ1n) is 5.83. The minimum Gasteiger partial charge on any atom is -0.396 e. The number of benzene rings is 2. The fraction of sp³-hybridized carbons (Fsp3) is 0.200. The molecule has 0 spiro atoms. The summed E-state index contributed by atoms with van der Waals surface area (Å²) in [5, 5.41) is 12.1. The van der Waals surface area contributed by atoms with E-state index in [0.717, 1.165) is 0 Å². The van der Waals surface area contributed by atoms with Crippen molar-refractivity contribution in [2.45, 2.75) is 12.6 Å². The summed E-state index contributed by atoms with van der Waals surface area (Å²) in [5.74, 6) is 0. The van der Waals surface area contributed by atoms with Crippen LogP contribution in [0.5, 0.6) is 0 Å². The van der Waals surface area contributed by atoms with E-state index in [0.29, 0.717) is 0 Å². The summed E-state index contributed by atoms with van der Waals surface area (Å²) in [6, 6.07) is 21.0. The largest absolute Gasteiger partial charge is 0.396 e. The van der Waals surface area contributed by atoms with Crippen LogP contribution in [-0.2, 0) is 0 Å². The Morgan fingerprint density at radius 2 is 1.28 bits per heavy atom. The first-order chi connectivity index (χ1) is 8.33. The van der Waals surface area contributed by atoms with Crippen LogP contribution in [-0.4, -0.2) is 25.8 Å². The van der Waals surface area contributed by atoms with Crippen LogP contribution in [0, 0.1) is 0 Å². The van der Waals surface area contributed by atoms with Crippen LogP contribution in [0.25, 0.3) is 0 Å². The van der Waals surface area contributed by atoms with Gasteiger partial charge in [-0.15, -0.1) is 0 Å². The van der Waals surface area contributed by atoms with Crippen LogP contribution in [0.2, 0.25) is 0 Å². The van der Waals surface area contributed by atoms with E-state index < -0.39 is 7.92 Å². The molecule has 0 heterocycles. The smallest absolute Gasteiger partial charge is 0.0501 e. The molecule has 2 aromatic carbocycles. The van der Waals surface area contributed by atoms with Gasteiger partial charge in [0.25, 0.3) is 0 Å². The first-order valence-corrected chi connectivity index (χ1v) is 7.24. The predicted molar refractivity (Wildman–Crippen MR) is 81.4 cm³/mol. The summed E-state index contributed by atoms with van der Waals surface area (Å²) in [5.41, 5.74) is 0.287. The van der Waals surface area contributed by atoms with Gasteiger partial charge in [0.1, 0.15) is 0 Å². The van der Waals surface area contributed by atoms with Crippen LogP contribution >= 0.6 is 7.92 Å². The number of rotatable bonds is 4. The van der Waals surface area contributed by atoms with E-state index >= 15 is 0 Å². The van der Waals surface area contributed by atoms with Crippen molar-refractivity contribution in [3.63, 3.8) is 0 Å². The predicted octanol–water partition coefficient (Wildman–Crippen LogP) is 2.12. The molecule has 0 aliphatic carbocycles. The fourth-order valence-corrected chi connectivity index (χ4v) is 4.38. The molecule has 0 fully saturated rings. The van der Waals surface area contributed by atoms with Crippen molar-refractivity contribution in [1.29, 1.82) is 0 Å². The standard InChI is InChI=1S/C15H17OP.B/c1-13(12-16)17(14-8-4-2-5-9-14)15-10-6-3-7-11-15;/h2-11,13,16H,12H2,1H3;/t13-;/m0./s1. The summed E-state index contributed by atoms with van der Waals surface area (Å²) >= 11 is 0. The Labute approximate surface area is 112 Å². The van der Waals surface area contributed by atoms with E-state index in [2.05, 4.69) is 55.5 Å². The third-order valence-corrected chi connectivity index (χ3v) is 5.53. The second kappa shape index (κ2) is 7.36. The van der Waals surface area contributed by atoms with Gasteiger partial charge in [-0.05, 0) is 18.5 Å². The highest BCUT2D eigenvalue weighted by molar-refractivity contribution is 7.73. The second-order valence-corrected chi connectivity index (χ2v) is 6.73. The van der Waals surface area contributed by atoms with Crippen LogP contribution in [0.4, 0.5) is 0 Å². The molecule has 0 unspecified atom stereocenters. The normalized spacial score (nSPS) is 11.9. The Kier molecular flexibility index (Phi) is 6.11. The van der Waals surface area contributed by atoms with Crippen LogP contribution in [0.15, 0.2) is 60.7 Å². The van der Waals surface area contributed by atoms with E-state index in [1.54, 1.807) is 0 Å². The molecule has 3 radical (unpaired) electrons. The van der Waals surface area contributed by atoms with Gasteiger partial charge in [-0.2, -0.15) is 0 Å². The van der Waals surface area contributed by atoms with Crippen LogP contribution in [0.1, 0.15) is 6.92 Å². The van der Waals surface area contributed by atoms with Crippen molar-refractivity contribution in [2.75, 3.05) is 6.61 Å². The van der Waals surface area contributed by atoms with Crippen molar-refractivity contribution in [1.82, 2.24) is 0 Å². The van der Waals surface area contributed by atoms with Gasteiger partial charge in [-0.25, -0.2) is 0 Å². The van der Waals surface area contributed by atoms with Crippen molar-refractivity contribution >= 4 is 26.9 Å².